The van der Waals surface area contributed by atoms with E-state index >= 15 is 0 Å². The van der Waals surface area contributed by atoms with E-state index in [2.05, 4.69) is 139 Å². The summed E-state index contributed by atoms with van der Waals surface area (Å²) in [6.07, 6.45) is 0. The Morgan fingerprint density at radius 3 is 0.818 bits per heavy atom. The molecule has 0 aromatic heterocycles. The maximum absolute atomic E-state index is 2.70. The van der Waals surface area contributed by atoms with E-state index in [1.807, 2.05) is 0 Å². The fraction of sp³-hybridized carbons (Fsp3) is 0.615. The van der Waals surface area contributed by atoms with Crippen molar-refractivity contribution in [2.45, 2.75) is 106 Å². The second-order valence-electron chi connectivity index (χ2n) is 10.7. The van der Waals surface area contributed by atoms with Gasteiger partial charge in [-0.25, -0.2) is 24.3 Å². The first-order valence-electron chi connectivity index (χ1n) is 11.8. The van der Waals surface area contributed by atoms with E-state index in [0.29, 0.717) is 24.2 Å². The molecule has 0 aliphatic carbocycles. The molecule has 0 amide bonds. The Labute approximate surface area is 239 Å². The summed E-state index contributed by atoms with van der Waals surface area (Å²) in [4.78, 5) is 0. The van der Waals surface area contributed by atoms with Crippen LogP contribution in [-0.4, -0.2) is 49.8 Å². The molecule has 0 radical (unpaired) electrons. The Morgan fingerprint density at radius 1 is 0.485 bits per heavy atom. The van der Waals surface area contributed by atoms with Crippen LogP contribution < -0.4 is 35.2 Å². The molecule has 7 heteroatoms. The number of rotatable bonds is 8. The van der Waals surface area contributed by atoms with Crippen LogP contribution in [0.3, 0.4) is 0 Å². The van der Waals surface area contributed by atoms with Crippen LogP contribution in [0.5, 0.6) is 0 Å². The quantitative estimate of drug-likeness (QED) is 0.306. The normalized spacial score (nSPS) is 11.9. The molecule has 0 atom stereocenters. The standard InChI is InChI=1S/2C13H24NSi.2ClH.Zr/c2*1-11(2)14(12(3)4)15(5,6)13-9-7-8-10-13;;;/h2*7-12H,1-6H3;2*1H;/q2*-1;;;+4/p-2. The van der Waals surface area contributed by atoms with Crippen molar-refractivity contribution >= 4 is 26.8 Å². The number of halogens is 2. The van der Waals surface area contributed by atoms with Gasteiger partial charge in [-0.1, -0.05) is 81.6 Å². The molecule has 33 heavy (non-hydrogen) atoms. The van der Waals surface area contributed by atoms with Gasteiger partial charge in [-0.05, 0) is 24.2 Å². The van der Waals surface area contributed by atoms with Gasteiger partial charge >= 0.3 is 26.2 Å². The minimum absolute atomic E-state index is 0. The molecule has 0 bridgehead atoms. The predicted molar refractivity (Wildman–Crippen MR) is 143 cm³/mol. The van der Waals surface area contributed by atoms with Crippen LogP contribution in [0.4, 0.5) is 0 Å². The Kier molecular flexibility index (Phi) is 18.8. The van der Waals surface area contributed by atoms with Crippen LogP contribution >= 0.6 is 0 Å². The molecular formula is C26H48Cl2N2Si2Zr. The topological polar surface area (TPSA) is 6.48 Å². The van der Waals surface area contributed by atoms with Crippen molar-refractivity contribution in [2.75, 3.05) is 0 Å². The number of hydrogen-bond donors (Lipinski definition) is 0. The Morgan fingerprint density at radius 2 is 0.667 bits per heavy atom. The smallest absolute Gasteiger partial charge is 1.00 e. The molecule has 0 saturated carbocycles. The molecule has 2 aromatic rings. The molecule has 2 aromatic carbocycles. The summed E-state index contributed by atoms with van der Waals surface area (Å²) in [5.41, 5.74) is 0. The van der Waals surface area contributed by atoms with E-state index in [-0.39, 0.29) is 51.0 Å². The molecule has 2 rings (SSSR count). The average molecular weight is 607 g/mol. The van der Waals surface area contributed by atoms with Gasteiger partial charge in [0.1, 0.15) is 0 Å². The van der Waals surface area contributed by atoms with E-state index < -0.39 is 16.5 Å². The van der Waals surface area contributed by atoms with Gasteiger partial charge in [-0.15, -0.1) is 10.4 Å². The molecule has 0 heterocycles. The molecule has 0 saturated heterocycles. The maximum Gasteiger partial charge on any atom is 4.00 e. The van der Waals surface area contributed by atoms with Gasteiger partial charge in [0, 0.05) is 0 Å². The van der Waals surface area contributed by atoms with E-state index in [1.165, 1.54) is 0 Å². The van der Waals surface area contributed by atoms with Crippen molar-refractivity contribution in [1.82, 2.24) is 9.13 Å². The first-order valence-corrected chi connectivity index (χ1v) is 17.6. The summed E-state index contributed by atoms with van der Waals surface area (Å²) in [5.74, 6) is 0. The third-order valence-electron chi connectivity index (χ3n) is 6.25. The van der Waals surface area contributed by atoms with Gasteiger partial charge in [0.25, 0.3) is 0 Å². The van der Waals surface area contributed by atoms with E-state index in [1.54, 1.807) is 10.4 Å². The summed E-state index contributed by atoms with van der Waals surface area (Å²) in [6.45, 7) is 28.2. The summed E-state index contributed by atoms with van der Waals surface area (Å²) < 4.78 is 5.39. The zero-order valence-corrected chi connectivity index (χ0v) is 29.0. The van der Waals surface area contributed by atoms with Crippen molar-refractivity contribution in [2.24, 2.45) is 0 Å². The molecule has 188 valence electrons. The van der Waals surface area contributed by atoms with Gasteiger partial charge in [-0.2, -0.15) is 24.3 Å². The minimum atomic E-state index is -1.45. The Balaban J connectivity index is -0.000000500. The second-order valence-corrected chi connectivity index (χ2v) is 19.1. The minimum Gasteiger partial charge on any atom is -1.00 e. The number of hydrogen-bond acceptors (Lipinski definition) is 2. The largest absolute Gasteiger partial charge is 4.00 e. The van der Waals surface area contributed by atoms with E-state index in [0.717, 1.165) is 0 Å². The average Bonchev–Trinajstić information content (AvgIpc) is 3.28. The summed E-state index contributed by atoms with van der Waals surface area (Å²) in [5, 5.41) is 3.09. The van der Waals surface area contributed by atoms with Gasteiger partial charge in [0.05, 0.1) is 16.5 Å². The van der Waals surface area contributed by atoms with Crippen LogP contribution in [0.25, 0.3) is 0 Å². The summed E-state index contributed by atoms with van der Waals surface area (Å²) in [6, 6.07) is 20.3. The molecule has 0 N–H and O–H groups in total. The predicted octanol–water partition coefficient (Wildman–Crippen LogP) is -0.122. The van der Waals surface area contributed by atoms with Crippen LogP contribution in [0.1, 0.15) is 55.4 Å². The van der Waals surface area contributed by atoms with Crippen molar-refractivity contribution in [3.05, 3.63) is 48.5 Å². The molecule has 0 aliphatic rings. The van der Waals surface area contributed by atoms with Gasteiger partial charge in [0.2, 0.25) is 0 Å². The SMILES string of the molecule is CC(C)N(C(C)C)[Si](C)(C)[c-]1cccc1.CC(C)N(C(C)C)[Si](C)(C)[c-]1cccc1.[Cl-].[Cl-].[Zr+4]. The fourth-order valence-electron chi connectivity index (χ4n) is 5.64. The molecular weight excluding hydrogens is 559 g/mol. The molecule has 0 unspecified atom stereocenters. The first-order chi connectivity index (χ1) is 13.7. The Bertz CT molecular complexity index is 634. The zero-order chi connectivity index (χ0) is 23.3. The van der Waals surface area contributed by atoms with Gasteiger partial charge in [-0.3, -0.25) is 0 Å². The summed E-state index contributed by atoms with van der Waals surface area (Å²) >= 11 is 0. The van der Waals surface area contributed by atoms with Crippen molar-refractivity contribution in [3.8, 4) is 0 Å². The molecule has 0 spiro atoms. The fourth-order valence-corrected chi connectivity index (χ4v) is 13.4. The summed E-state index contributed by atoms with van der Waals surface area (Å²) in [7, 11) is -2.90. The van der Waals surface area contributed by atoms with E-state index in [4.69, 9.17) is 0 Å². The monoisotopic (exact) mass is 604 g/mol. The van der Waals surface area contributed by atoms with Crippen molar-refractivity contribution in [1.29, 1.82) is 0 Å². The maximum atomic E-state index is 2.70. The molecule has 2 nitrogen and oxygen atoms in total. The van der Waals surface area contributed by atoms with Crippen LogP contribution in [0.2, 0.25) is 26.2 Å². The first kappa shape index (κ1) is 38.1. The van der Waals surface area contributed by atoms with Crippen LogP contribution in [-0.2, 0) is 26.2 Å². The molecule has 0 fully saturated rings. The van der Waals surface area contributed by atoms with Gasteiger partial charge in [0.15, 0.2) is 0 Å². The second kappa shape index (κ2) is 16.3. The van der Waals surface area contributed by atoms with Gasteiger partial charge < -0.3 is 33.9 Å². The third kappa shape index (κ3) is 10.2. The Hall–Kier alpha value is 0.517. The van der Waals surface area contributed by atoms with E-state index in [9.17, 15) is 0 Å². The van der Waals surface area contributed by atoms with Crippen LogP contribution in [0, 0.1) is 0 Å². The van der Waals surface area contributed by atoms with Crippen molar-refractivity contribution in [3.63, 3.8) is 0 Å². The third-order valence-corrected chi connectivity index (χ3v) is 14.4. The number of nitrogens with zero attached hydrogens (tertiary/aromatic N) is 2. The zero-order valence-electron chi connectivity index (χ0n) is 23.1. The van der Waals surface area contributed by atoms with Crippen LogP contribution in [0.15, 0.2) is 48.5 Å². The molecule has 0 aliphatic heterocycles. The van der Waals surface area contributed by atoms with Crippen molar-refractivity contribution < 1.29 is 51.0 Å².